The molecule has 2 heteroatoms. The lowest BCUT2D eigenvalue weighted by Gasteiger charge is -2.22. The molecule has 0 unspecified atom stereocenters. The van der Waals surface area contributed by atoms with Crippen LogP contribution in [0.3, 0.4) is 0 Å². The quantitative estimate of drug-likeness (QED) is 0.764. The summed E-state index contributed by atoms with van der Waals surface area (Å²) in [7, 11) is 0. The molecule has 1 aliphatic rings. The van der Waals surface area contributed by atoms with Crippen molar-refractivity contribution in [3.05, 3.63) is 65.2 Å². The fraction of sp³-hybridized carbons (Fsp3) is 0.235. The molecule has 19 heavy (non-hydrogen) atoms. The molecule has 0 atom stereocenters. The molecule has 2 aromatic rings. The van der Waals surface area contributed by atoms with Crippen molar-refractivity contribution in [2.75, 3.05) is 18.0 Å². The van der Waals surface area contributed by atoms with E-state index < -0.39 is 0 Å². The first kappa shape index (κ1) is 12.0. The van der Waals surface area contributed by atoms with Gasteiger partial charge in [-0.3, -0.25) is 4.79 Å². The van der Waals surface area contributed by atoms with Crippen molar-refractivity contribution in [1.82, 2.24) is 0 Å². The Hall–Kier alpha value is -2.09. The number of benzene rings is 2. The second-order valence-electron chi connectivity index (χ2n) is 4.97. The zero-order valence-corrected chi connectivity index (χ0v) is 10.9. The third kappa shape index (κ3) is 2.53. The number of hydrogen-bond donors (Lipinski definition) is 0. The van der Waals surface area contributed by atoms with Gasteiger partial charge in [-0.2, -0.15) is 0 Å². The summed E-state index contributed by atoms with van der Waals surface area (Å²) in [6.07, 6.45) is 3.07. The molecule has 2 aromatic carbocycles. The number of aldehydes is 1. The van der Waals surface area contributed by atoms with E-state index in [9.17, 15) is 4.79 Å². The van der Waals surface area contributed by atoms with E-state index in [1.165, 1.54) is 16.8 Å². The van der Waals surface area contributed by atoms with Crippen molar-refractivity contribution in [3.63, 3.8) is 0 Å². The fourth-order valence-electron chi connectivity index (χ4n) is 2.69. The van der Waals surface area contributed by atoms with Gasteiger partial charge in [0, 0.05) is 24.3 Å². The first-order valence-electron chi connectivity index (χ1n) is 6.74. The first-order valence-corrected chi connectivity index (χ1v) is 6.74. The smallest absolute Gasteiger partial charge is 0.150 e. The molecule has 96 valence electrons. The van der Waals surface area contributed by atoms with Gasteiger partial charge in [-0.25, -0.2) is 0 Å². The number of nitrogens with zero attached hydrogens (tertiary/aromatic N) is 1. The van der Waals surface area contributed by atoms with Crippen molar-refractivity contribution in [2.45, 2.75) is 12.8 Å². The highest BCUT2D eigenvalue weighted by atomic mass is 16.1. The van der Waals surface area contributed by atoms with Crippen molar-refractivity contribution in [1.29, 1.82) is 0 Å². The Bertz CT molecular complexity index is 547. The van der Waals surface area contributed by atoms with Gasteiger partial charge in [0.25, 0.3) is 0 Å². The van der Waals surface area contributed by atoms with Crippen LogP contribution in [0.5, 0.6) is 0 Å². The maximum Gasteiger partial charge on any atom is 0.150 e. The average molecular weight is 251 g/mol. The average Bonchev–Trinajstić information content (AvgIpc) is 2.70. The normalized spacial score (nSPS) is 14.6. The summed E-state index contributed by atoms with van der Waals surface area (Å²) in [5, 5.41) is 0. The minimum absolute atomic E-state index is 0.738. The molecule has 0 N–H and O–H groups in total. The van der Waals surface area contributed by atoms with Gasteiger partial charge < -0.3 is 4.90 Å². The van der Waals surface area contributed by atoms with Gasteiger partial charge >= 0.3 is 0 Å². The highest BCUT2D eigenvalue weighted by Crippen LogP contribution is 2.21. The van der Waals surface area contributed by atoms with Crippen LogP contribution in [0.25, 0.3) is 0 Å². The number of anilines is 1. The molecule has 0 fully saturated rings. The minimum Gasteiger partial charge on any atom is -0.371 e. The Morgan fingerprint density at radius 1 is 0.842 bits per heavy atom. The molecule has 2 nitrogen and oxygen atoms in total. The third-order valence-corrected chi connectivity index (χ3v) is 3.81. The van der Waals surface area contributed by atoms with Gasteiger partial charge in [0.15, 0.2) is 0 Å². The topological polar surface area (TPSA) is 20.3 Å². The van der Waals surface area contributed by atoms with Gasteiger partial charge in [0.2, 0.25) is 0 Å². The molecule has 0 amide bonds. The minimum atomic E-state index is 0.738. The highest BCUT2D eigenvalue weighted by Gasteiger charge is 2.13. The van der Waals surface area contributed by atoms with E-state index >= 15 is 0 Å². The van der Waals surface area contributed by atoms with Gasteiger partial charge in [0.05, 0.1) is 0 Å². The number of fused-ring (bicyclic) bond motifs is 1. The third-order valence-electron chi connectivity index (χ3n) is 3.81. The number of carbonyl (C=O) groups is 1. The summed E-state index contributed by atoms with van der Waals surface area (Å²) in [4.78, 5) is 13.1. The van der Waals surface area contributed by atoms with Crippen LogP contribution in [0.4, 0.5) is 5.69 Å². The largest absolute Gasteiger partial charge is 0.371 e. The first-order chi connectivity index (χ1) is 9.36. The standard InChI is InChI=1S/C17H17NO/c19-13-14-5-7-17(8-6-14)18-11-9-15-3-1-2-4-16(15)10-12-18/h1-8,13H,9-12H2. The van der Waals surface area contributed by atoms with Crippen LogP contribution < -0.4 is 4.90 Å². The zero-order chi connectivity index (χ0) is 13.1. The molecular formula is C17H17NO. The Kier molecular flexibility index (Phi) is 3.32. The van der Waals surface area contributed by atoms with Crippen LogP contribution in [-0.4, -0.2) is 19.4 Å². The maximum atomic E-state index is 10.7. The summed E-state index contributed by atoms with van der Waals surface area (Å²) in [6.45, 7) is 2.08. The lowest BCUT2D eigenvalue weighted by molar-refractivity contribution is 0.112. The van der Waals surface area contributed by atoms with E-state index in [1.807, 2.05) is 24.3 Å². The number of rotatable bonds is 2. The monoisotopic (exact) mass is 251 g/mol. The summed E-state index contributed by atoms with van der Waals surface area (Å²) in [5.41, 5.74) is 4.88. The number of hydrogen-bond acceptors (Lipinski definition) is 2. The molecule has 1 aliphatic heterocycles. The van der Waals surface area contributed by atoms with Crippen molar-refractivity contribution >= 4 is 12.0 Å². The summed E-state index contributed by atoms with van der Waals surface area (Å²) < 4.78 is 0. The molecule has 1 heterocycles. The molecule has 0 saturated carbocycles. The van der Waals surface area contributed by atoms with Gasteiger partial charge in [-0.1, -0.05) is 24.3 Å². The highest BCUT2D eigenvalue weighted by molar-refractivity contribution is 5.75. The summed E-state index contributed by atoms with van der Waals surface area (Å²) in [5.74, 6) is 0. The Balaban J connectivity index is 1.79. The SMILES string of the molecule is O=Cc1ccc(N2CCc3ccccc3CC2)cc1. The van der Waals surface area contributed by atoms with E-state index in [0.29, 0.717) is 0 Å². The molecular weight excluding hydrogens is 234 g/mol. The van der Waals surface area contributed by atoms with E-state index in [0.717, 1.165) is 37.8 Å². The summed E-state index contributed by atoms with van der Waals surface area (Å²) in [6, 6.07) is 16.6. The van der Waals surface area contributed by atoms with Crippen LogP contribution in [0, 0.1) is 0 Å². The van der Waals surface area contributed by atoms with E-state index in [4.69, 9.17) is 0 Å². The van der Waals surface area contributed by atoms with Crippen molar-refractivity contribution < 1.29 is 4.79 Å². The maximum absolute atomic E-state index is 10.7. The van der Waals surface area contributed by atoms with Gasteiger partial charge in [-0.05, 0) is 48.2 Å². The molecule has 0 saturated heterocycles. The molecule has 0 spiro atoms. The Morgan fingerprint density at radius 3 is 1.95 bits per heavy atom. The molecule has 0 aromatic heterocycles. The van der Waals surface area contributed by atoms with E-state index in [2.05, 4.69) is 29.2 Å². The fourth-order valence-corrected chi connectivity index (χ4v) is 2.69. The number of carbonyl (C=O) groups excluding carboxylic acids is 1. The van der Waals surface area contributed by atoms with E-state index in [1.54, 1.807) is 0 Å². The van der Waals surface area contributed by atoms with E-state index in [-0.39, 0.29) is 0 Å². The van der Waals surface area contributed by atoms with Crippen LogP contribution in [0.1, 0.15) is 21.5 Å². The molecule has 0 aliphatic carbocycles. The van der Waals surface area contributed by atoms with Crippen LogP contribution >= 0.6 is 0 Å². The van der Waals surface area contributed by atoms with Gasteiger partial charge in [0.1, 0.15) is 6.29 Å². The van der Waals surface area contributed by atoms with Crippen LogP contribution in [0.15, 0.2) is 48.5 Å². The predicted octanol–water partition coefficient (Wildman–Crippen LogP) is 3.10. The molecule has 3 rings (SSSR count). The second kappa shape index (κ2) is 5.27. The van der Waals surface area contributed by atoms with Crippen molar-refractivity contribution in [2.24, 2.45) is 0 Å². The lowest BCUT2D eigenvalue weighted by atomic mass is 10.0. The Labute approximate surface area is 113 Å². The zero-order valence-electron chi connectivity index (χ0n) is 10.9. The second-order valence-corrected chi connectivity index (χ2v) is 4.97. The Morgan fingerprint density at radius 2 is 1.42 bits per heavy atom. The lowest BCUT2D eigenvalue weighted by Crippen LogP contribution is -2.25. The summed E-state index contributed by atoms with van der Waals surface area (Å²) >= 11 is 0. The molecule has 0 bridgehead atoms. The molecule has 0 radical (unpaired) electrons. The predicted molar refractivity (Wildman–Crippen MR) is 77.9 cm³/mol. The van der Waals surface area contributed by atoms with Crippen LogP contribution in [-0.2, 0) is 12.8 Å². The van der Waals surface area contributed by atoms with Crippen LogP contribution in [0.2, 0.25) is 0 Å². The van der Waals surface area contributed by atoms with Gasteiger partial charge in [-0.15, -0.1) is 0 Å². The van der Waals surface area contributed by atoms with Crippen molar-refractivity contribution in [3.8, 4) is 0 Å².